The maximum Gasteiger partial charge on any atom is 0.134 e. The predicted molar refractivity (Wildman–Crippen MR) is 78.4 cm³/mol. The highest BCUT2D eigenvalue weighted by Gasteiger charge is 2.19. The van der Waals surface area contributed by atoms with Crippen molar-refractivity contribution in [2.75, 3.05) is 5.32 Å². The van der Waals surface area contributed by atoms with Crippen molar-refractivity contribution in [3.63, 3.8) is 0 Å². The van der Waals surface area contributed by atoms with Crippen molar-refractivity contribution in [2.45, 2.75) is 39.4 Å². The Hall–Kier alpha value is -1.46. The third-order valence-electron chi connectivity index (χ3n) is 3.30. The first-order valence-electron chi connectivity index (χ1n) is 6.57. The standard InChI is InChI=1S/C14H18N4S/c1-9(5-11-3-4-19-8-11)16-14-12-6-15-7-13(12)17-10(2)18-14/h3-4,8-9,15H,5-7H2,1-2H3,(H,16,17,18). The van der Waals surface area contributed by atoms with E-state index in [1.54, 1.807) is 11.3 Å². The van der Waals surface area contributed by atoms with E-state index < -0.39 is 0 Å². The molecule has 1 aliphatic rings. The average molecular weight is 274 g/mol. The molecule has 0 bridgehead atoms. The SMILES string of the molecule is Cc1nc2c(c(NC(C)Cc3ccsc3)n1)CNC2. The minimum Gasteiger partial charge on any atom is -0.367 e. The Morgan fingerprint density at radius 1 is 1.42 bits per heavy atom. The van der Waals surface area contributed by atoms with E-state index >= 15 is 0 Å². The number of thiophene rings is 1. The van der Waals surface area contributed by atoms with Crippen molar-refractivity contribution in [3.8, 4) is 0 Å². The molecule has 3 rings (SSSR count). The van der Waals surface area contributed by atoms with Gasteiger partial charge in [0.25, 0.3) is 0 Å². The summed E-state index contributed by atoms with van der Waals surface area (Å²) in [7, 11) is 0. The molecule has 0 radical (unpaired) electrons. The normalized spacial score (nSPS) is 15.3. The predicted octanol–water partition coefficient (Wildman–Crippen LogP) is 2.49. The molecule has 0 amide bonds. The van der Waals surface area contributed by atoms with Crippen LogP contribution in [0.15, 0.2) is 16.8 Å². The van der Waals surface area contributed by atoms with Gasteiger partial charge in [-0.05, 0) is 42.7 Å². The minimum atomic E-state index is 0.369. The van der Waals surface area contributed by atoms with E-state index in [4.69, 9.17) is 0 Å². The molecule has 3 heterocycles. The van der Waals surface area contributed by atoms with Crippen LogP contribution in [-0.2, 0) is 19.5 Å². The molecule has 19 heavy (non-hydrogen) atoms. The molecular formula is C14H18N4S. The highest BCUT2D eigenvalue weighted by atomic mass is 32.1. The van der Waals surface area contributed by atoms with Gasteiger partial charge in [-0.15, -0.1) is 0 Å². The van der Waals surface area contributed by atoms with Crippen LogP contribution in [0.1, 0.15) is 29.6 Å². The van der Waals surface area contributed by atoms with Crippen LogP contribution < -0.4 is 10.6 Å². The number of hydrogen-bond acceptors (Lipinski definition) is 5. The quantitative estimate of drug-likeness (QED) is 0.899. The summed E-state index contributed by atoms with van der Waals surface area (Å²) in [4.78, 5) is 9.04. The van der Waals surface area contributed by atoms with Crippen LogP contribution in [0.3, 0.4) is 0 Å². The van der Waals surface area contributed by atoms with E-state index in [1.165, 1.54) is 11.1 Å². The van der Waals surface area contributed by atoms with Crippen molar-refractivity contribution < 1.29 is 0 Å². The van der Waals surface area contributed by atoms with Crippen molar-refractivity contribution >= 4 is 17.2 Å². The molecule has 2 aromatic heterocycles. The van der Waals surface area contributed by atoms with E-state index in [2.05, 4.69) is 44.4 Å². The second kappa shape index (κ2) is 5.27. The third kappa shape index (κ3) is 2.77. The Labute approximate surface area is 117 Å². The first-order valence-corrected chi connectivity index (χ1v) is 7.51. The van der Waals surface area contributed by atoms with E-state index in [0.717, 1.165) is 36.8 Å². The van der Waals surface area contributed by atoms with Crippen LogP contribution >= 0.6 is 11.3 Å². The molecule has 4 nitrogen and oxygen atoms in total. The lowest BCUT2D eigenvalue weighted by molar-refractivity contribution is 0.754. The summed E-state index contributed by atoms with van der Waals surface area (Å²) in [6.07, 6.45) is 1.02. The lowest BCUT2D eigenvalue weighted by Crippen LogP contribution is -2.20. The largest absolute Gasteiger partial charge is 0.367 e. The molecule has 5 heteroatoms. The van der Waals surface area contributed by atoms with Crippen LogP contribution in [0.4, 0.5) is 5.82 Å². The fourth-order valence-corrected chi connectivity index (χ4v) is 3.14. The number of fused-ring (bicyclic) bond motifs is 1. The van der Waals surface area contributed by atoms with Crippen LogP contribution in [0.2, 0.25) is 0 Å². The summed E-state index contributed by atoms with van der Waals surface area (Å²) in [6.45, 7) is 5.87. The summed E-state index contributed by atoms with van der Waals surface area (Å²) in [5.74, 6) is 1.84. The summed E-state index contributed by atoms with van der Waals surface area (Å²) in [5, 5.41) is 11.2. The van der Waals surface area contributed by atoms with Crippen LogP contribution in [-0.4, -0.2) is 16.0 Å². The number of aromatic nitrogens is 2. The smallest absolute Gasteiger partial charge is 0.134 e. The van der Waals surface area contributed by atoms with Gasteiger partial charge < -0.3 is 10.6 Å². The molecule has 0 aliphatic carbocycles. The Balaban J connectivity index is 1.76. The zero-order valence-corrected chi connectivity index (χ0v) is 12.0. The Kier molecular flexibility index (Phi) is 3.48. The molecule has 1 atom stereocenters. The van der Waals surface area contributed by atoms with Gasteiger partial charge in [0, 0.05) is 24.7 Å². The van der Waals surface area contributed by atoms with Crippen molar-refractivity contribution in [1.29, 1.82) is 0 Å². The number of nitrogens with one attached hydrogen (secondary N) is 2. The third-order valence-corrected chi connectivity index (χ3v) is 4.04. The van der Waals surface area contributed by atoms with Crippen LogP contribution in [0.25, 0.3) is 0 Å². The van der Waals surface area contributed by atoms with Gasteiger partial charge in [-0.1, -0.05) is 0 Å². The van der Waals surface area contributed by atoms with E-state index in [1.807, 2.05) is 6.92 Å². The zero-order chi connectivity index (χ0) is 13.2. The molecule has 1 aliphatic heterocycles. The zero-order valence-electron chi connectivity index (χ0n) is 11.2. The van der Waals surface area contributed by atoms with E-state index in [-0.39, 0.29) is 0 Å². The van der Waals surface area contributed by atoms with Gasteiger partial charge in [-0.3, -0.25) is 0 Å². The van der Waals surface area contributed by atoms with Gasteiger partial charge in [0.2, 0.25) is 0 Å². The molecule has 0 saturated carbocycles. The second-order valence-corrected chi connectivity index (χ2v) is 5.81. The number of anilines is 1. The molecule has 0 spiro atoms. The van der Waals surface area contributed by atoms with Gasteiger partial charge in [-0.25, -0.2) is 9.97 Å². The van der Waals surface area contributed by atoms with Crippen molar-refractivity contribution in [2.24, 2.45) is 0 Å². The van der Waals surface area contributed by atoms with E-state index in [0.29, 0.717) is 6.04 Å². The topological polar surface area (TPSA) is 49.8 Å². The van der Waals surface area contributed by atoms with Crippen molar-refractivity contribution in [3.05, 3.63) is 39.5 Å². The summed E-state index contributed by atoms with van der Waals surface area (Å²) in [6, 6.07) is 2.55. The number of rotatable bonds is 4. The lowest BCUT2D eigenvalue weighted by atomic mass is 10.1. The van der Waals surface area contributed by atoms with Crippen molar-refractivity contribution in [1.82, 2.24) is 15.3 Å². The molecule has 2 aromatic rings. The lowest BCUT2D eigenvalue weighted by Gasteiger charge is -2.16. The molecule has 0 saturated heterocycles. The average Bonchev–Trinajstić information content (AvgIpc) is 2.99. The Morgan fingerprint density at radius 3 is 3.11 bits per heavy atom. The summed E-state index contributed by atoms with van der Waals surface area (Å²) in [5.41, 5.74) is 3.74. The second-order valence-electron chi connectivity index (χ2n) is 5.03. The molecule has 1 unspecified atom stereocenters. The summed E-state index contributed by atoms with van der Waals surface area (Å²) < 4.78 is 0. The van der Waals surface area contributed by atoms with Gasteiger partial charge in [0.05, 0.1) is 5.69 Å². The van der Waals surface area contributed by atoms with Crippen LogP contribution in [0.5, 0.6) is 0 Å². The van der Waals surface area contributed by atoms with Gasteiger partial charge in [0.15, 0.2) is 0 Å². The number of aryl methyl sites for hydroxylation is 1. The molecule has 100 valence electrons. The van der Waals surface area contributed by atoms with E-state index in [9.17, 15) is 0 Å². The summed E-state index contributed by atoms with van der Waals surface area (Å²) >= 11 is 1.75. The first-order chi connectivity index (χ1) is 9.22. The minimum absolute atomic E-state index is 0.369. The highest BCUT2D eigenvalue weighted by Crippen LogP contribution is 2.22. The maximum absolute atomic E-state index is 4.55. The number of nitrogens with zero attached hydrogens (tertiary/aromatic N) is 2. The highest BCUT2D eigenvalue weighted by molar-refractivity contribution is 7.07. The molecule has 0 aromatic carbocycles. The Bertz CT molecular complexity index is 565. The van der Waals surface area contributed by atoms with Gasteiger partial charge in [0.1, 0.15) is 11.6 Å². The molecule has 0 fully saturated rings. The number of hydrogen-bond donors (Lipinski definition) is 2. The van der Waals surface area contributed by atoms with Gasteiger partial charge >= 0.3 is 0 Å². The Morgan fingerprint density at radius 2 is 2.32 bits per heavy atom. The molecular weight excluding hydrogens is 256 g/mol. The maximum atomic E-state index is 4.55. The van der Waals surface area contributed by atoms with Gasteiger partial charge in [-0.2, -0.15) is 11.3 Å². The first kappa shape index (κ1) is 12.6. The molecule has 2 N–H and O–H groups in total. The monoisotopic (exact) mass is 274 g/mol. The fraction of sp³-hybridized carbons (Fsp3) is 0.429. The van der Waals surface area contributed by atoms with Crippen LogP contribution in [0, 0.1) is 6.92 Å². The fourth-order valence-electron chi connectivity index (χ4n) is 2.46.